The summed E-state index contributed by atoms with van der Waals surface area (Å²) < 4.78 is 43.0. The zero-order chi connectivity index (χ0) is 24.4. The van der Waals surface area contributed by atoms with Gasteiger partial charge in [0.25, 0.3) is 0 Å². The normalized spacial score (nSPS) is 15.7. The molecule has 7 heteroatoms. The molecular weight excluding hydrogens is 462 g/mol. The van der Waals surface area contributed by atoms with Crippen molar-refractivity contribution in [1.82, 2.24) is 4.90 Å². The molecule has 3 aliphatic heterocycles. The zero-order valence-electron chi connectivity index (χ0n) is 19.7. The Balaban J connectivity index is 1.42. The van der Waals surface area contributed by atoms with E-state index >= 15 is 0 Å². The molecule has 0 unspecified atom stereocenters. The number of hydrogen-bond acceptors (Lipinski definition) is 6. The van der Waals surface area contributed by atoms with E-state index in [1.807, 2.05) is 42.6 Å². The van der Waals surface area contributed by atoms with Gasteiger partial charge in [-0.2, -0.15) is 8.42 Å². The Labute approximate surface area is 203 Å². The first-order chi connectivity index (χ1) is 16.7. The van der Waals surface area contributed by atoms with E-state index in [4.69, 9.17) is 13.7 Å². The number of ether oxygens (including phenoxy) is 2. The molecule has 0 aromatic heterocycles. The lowest BCUT2D eigenvalue weighted by molar-refractivity contribution is 0.174. The molecule has 6 nitrogen and oxygen atoms in total. The molecule has 0 fully saturated rings. The molecule has 3 heterocycles. The van der Waals surface area contributed by atoms with Crippen LogP contribution >= 0.6 is 0 Å². The molecule has 35 heavy (non-hydrogen) atoms. The van der Waals surface area contributed by atoms with Crippen molar-refractivity contribution in [1.29, 1.82) is 0 Å². The maximum Gasteiger partial charge on any atom is 0.339 e. The molecule has 0 atom stereocenters. The lowest BCUT2D eigenvalue weighted by Gasteiger charge is -2.26. The second-order valence-electron chi connectivity index (χ2n) is 9.88. The summed E-state index contributed by atoms with van der Waals surface area (Å²) in [6.07, 6.45) is 6.12. The molecule has 178 valence electrons. The van der Waals surface area contributed by atoms with Gasteiger partial charge in [-0.15, -0.1) is 0 Å². The van der Waals surface area contributed by atoms with Crippen LogP contribution in [0.1, 0.15) is 26.3 Å². The van der Waals surface area contributed by atoms with E-state index in [-0.39, 0.29) is 17.1 Å². The highest BCUT2D eigenvalue weighted by molar-refractivity contribution is 7.87. The summed E-state index contributed by atoms with van der Waals surface area (Å²) in [5, 5.41) is 3.74. The van der Waals surface area contributed by atoms with Crippen molar-refractivity contribution in [3.63, 3.8) is 0 Å². The van der Waals surface area contributed by atoms with Gasteiger partial charge in [0.05, 0.1) is 0 Å². The number of fused-ring (bicyclic) bond motifs is 4. The van der Waals surface area contributed by atoms with Crippen LogP contribution in [-0.2, 0) is 15.5 Å². The average molecular weight is 488 g/mol. The maximum atomic E-state index is 13.1. The van der Waals surface area contributed by atoms with Gasteiger partial charge in [0.1, 0.15) is 4.90 Å². The summed E-state index contributed by atoms with van der Waals surface area (Å²) in [5.41, 5.74) is 2.01. The molecular formula is C28H25NO5S. The molecule has 6 rings (SSSR count). The predicted octanol–water partition coefficient (Wildman–Crippen LogP) is 1.92. The first-order valence-electron chi connectivity index (χ1n) is 11.5. The Hall–Kier alpha value is -3.71. The van der Waals surface area contributed by atoms with Gasteiger partial charge in [0, 0.05) is 28.9 Å². The smallest absolute Gasteiger partial charge is 0.339 e. The third-order valence-corrected chi connectivity index (χ3v) is 7.77. The van der Waals surface area contributed by atoms with Gasteiger partial charge in [0.15, 0.2) is 17.2 Å². The third kappa shape index (κ3) is 3.76. The number of nitrogens with zero attached hydrogens (tertiary/aromatic N) is 1. The van der Waals surface area contributed by atoms with Gasteiger partial charge in [-0.25, -0.2) is 0 Å². The van der Waals surface area contributed by atoms with E-state index in [0.29, 0.717) is 12.3 Å². The van der Waals surface area contributed by atoms with Crippen molar-refractivity contribution >= 4 is 34.2 Å². The molecule has 0 amide bonds. The highest BCUT2D eigenvalue weighted by atomic mass is 32.2. The molecule has 0 spiro atoms. The Morgan fingerprint density at radius 1 is 0.943 bits per heavy atom. The standard InChI is InChI=1S/C28H25NO5S/c1-28(2,3)20-7-9-21(10-8-20)35(30,31)34-25-6-4-5-18-13-24-22-15-27-26(32-17-33-27)14-19(22)11-12-29(24)16-23(18)25/h4-11,13-16H,12,17H2,1-3H3. The van der Waals surface area contributed by atoms with Crippen molar-refractivity contribution in [3.8, 4) is 17.2 Å². The molecule has 0 saturated heterocycles. The van der Waals surface area contributed by atoms with Gasteiger partial charge in [-0.05, 0) is 57.8 Å². The fourth-order valence-corrected chi connectivity index (χ4v) is 5.52. The van der Waals surface area contributed by atoms with Crippen LogP contribution in [0.5, 0.6) is 17.2 Å². The van der Waals surface area contributed by atoms with Crippen LogP contribution in [0, 0.1) is 0 Å². The molecule has 3 aliphatic rings. The third-order valence-electron chi connectivity index (χ3n) is 6.52. The summed E-state index contributed by atoms with van der Waals surface area (Å²) in [6.45, 7) is 7.14. The fraction of sp³-hybridized carbons (Fsp3) is 0.214. The van der Waals surface area contributed by atoms with Crippen LogP contribution in [0.15, 0.2) is 59.5 Å². The summed E-state index contributed by atoms with van der Waals surface area (Å²) in [5.74, 6) is 1.78. The largest absolute Gasteiger partial charge is 0.454 e. The Bertz CT molecular complexity index is 1720. The Morgan fingerprint density at radius 2 is 1.69 bits per heavy atom. The van der Waals surface area contributed by atoms with E-state index in [1.165, 1.54) is 0 Å². The lowest BCUT2D eigenvalue weighted by atomic mass is 9.87. The van der Waals surface area contributed by atoms with E-state index in [2.05, 4.69) is 37.8 Å². The second kappa shape index (κ2) is 7.65. The Kier molecular flexibility index (Phi) is 4.76. The van der Waals surface area contributed by atoms with Crippen LogP contribution in [0.3, 0.4) is 0 Å². The zero-order valence-corrected chi connectivity index (χ0v) is 20.6. The molecule has 3 aromatic carbocycles. The first-order valence-corrected chi connectivity index (χ1v) is 12.9. The molecule has 0 radical (unpaired) electrons. The van der Waals surface area contributed by atoms with Gasteiger partial charge < -0.3 is 18.6 Å². The van der Waals surface area contributed by atoms with Crippen LogP contribution in [0.4, 0.5) is 0 Å². The average Bonchev–Trinajstić information content (AvgIpc) is 3.29. The highest BCUT2D eigenvalue weighted by Crippen LogP contribution is 2.29. The number of hydrogen-bond donors (Lipinski definition) is 0. The number of benzene rings is 3. The van der Waals surface area contributed by atoms with Gasteiger partial charge in [-0.3, -0.25) is 0 Å². The quantitative estimate of drug-likeness (QED) is 0.526. The van der Waals surface area contributed by atoms with Crippen molar-refractivity contribution in [2.45, 2.75) is 31.1 Å². The van der Waals surface area contributed by atoms with Gasteiger partial charge in [-0.1, -0.05) is 51.1 Å². The minimum Gasteiger partial charge on any atom is -0.454 e. The van der Waals surface area contributed by atoms with Gasteiger partial charge in [0.2, 0.25) is 6.79 Å². The van der Waals surface area contributed by atoms with Crippen molar-refractivity contribution in [2.24, 2.45) is 0 Å². The molecule has 3 aromatic rings. The van der Waals surface area contributed by atoms with Crippen LogP contribution < -0.4 is 34.5 Å². The maximum absolute atomic E-state index is 13.1. The van der Waals surface area contributed by atoms with Crippen LogP contribution in [0.25, 0.3) is 24.0 Å². The van der Waals surface area contributed by atoms with Gasteiger partial charge >= 0.3 is 10.1 Å². The van der Waals surface area contributed by atoms with E-state index in [0.717, 1.165) is 43.6 Å². The van der Waals surface area contributed by atoms with E-state index in [9.17, 15) is 8.42 Å². The van der Waals surface area contributed by atoms with E-state index in [1.54, 1.807) is 18.2 Å². The summed E-state index contributed by atoms with van der Waals surface area (Å²) in [4.78, 5) is 2.22. The SMILES string of the molecule is CC(C)(C)c1ccc(S(=O)(=O)Oc2cccc3c2=CN2CC=c4cc5c(cc4=C2C=3)OCO5)cc1. The minimum absolute atomic E-state index is 0.0655. The molecule has 0 aliphatic carbocycles. The first kappa shape index (κ1) is 21.8. The van der Waals surface area contributed by atoms with Crippen molar-refractivity contribution in [2.75, 3.05) is 13.3 Å². The van der Waals surface area contributed by atoms with Crippen LogP contribution in [-0.4, -0.2) is 26.7 Å². The lowest BCUT2D eigenvalue weighted by Crippen LogP contribution is -2.43. The van der Waals surface area contributed by atoms with E-state index < -0.39 is 10.1 Å². The molecule has 0 N–H and O–H groups in total. The molecule has 0 saturated carbocycles. The fourth-order valence-electron chi connectivity index (χ4n) is 4.57. The Morgan fingerprint density at radius 3 is 2.43 bits per heavy atom. The number of rotatable bonds is 3. The molecule has 0 bridgehead atoms. The summed E-state index contributed by atoms with van der Waals surface area (Å²) in [7, 11) is -3.99. The van der Waals surface area contributed by atoms with Crippen molar-refractivity contribution < 1.29 is 22.1 Å². The van der Waals surface area contributed by atoms with Crippen LogP contribution in [0.2, 0.25) is 0 Å². The summed E-state index contributed by atoms with van der Waals surface area (Å²) in [6, 6.07) is 16.3. The summed E-state index contributed by atoms with van der Waals surface area (Å²) >= 11 is 0. The monoisotopic (exact) mass is 487 g/mol. The topological polar surface area (TPSA) is 65.1 Å². The minimum atomic E-state index is -3.99. The second-order valence-corrected chi connectivity index (χ2v) is 11.4. The van der Waals surface area contributed by atoms with Crippen molar-refractivity contribution in [3.05, 3.63) is 81.0 Å². The predicted molar refractivity (Wildman–Crippen MR) is 134 cm³/mol. The highest BCUT2D eigenvalue weighted by Gasteiger charge is 2.22.